The van der Waals surface area contributed by atoms with E-state index in [1.807, 2.05) is 0 Å². The minimum atomic E-state index is 0.245. The molecule has 2 rings (SSSR count). The molecule has 16 heavy (non-hydrogen) atoms. The van der Waals surface area contributed by atoms with Crippen molar-refractivity contribution in [1.29, 1.82) is 0 Å². The van der Waals surface area contributed by atoms with Gasteiger partial charge in [0.15, 0.2) is 0 Å². The number of hydrogen-bond acceptors (Lipinski definition) is 2. The number of nitrogens with one attached hydrogen (secondary N) is 1. The molecule has 1 aromatic rings. The van der Waals surface area contributed by atoms with Gasteiger partial charge in [-0.3, -0.25) is 0 Å². The van der Waals surface area contributed by atoms with E-state index < -0.39 is 0 Å². The maximum Gasteiger partial charge on any atom is 0.119 e. The van der Waals surface area contributed by atoms with E-state index in [0.29, 0.717) is 5.41 Å². The van der Waals surface area contributed by atoms with Crippen LogP contribution in [0.25, 0.3) is 0 Å². The van der Waals surface area contributed by atoms with Crippen molar-refractivity contribution in [2.75, 3.05) is 13.1 Å². The van der Waals surface area contributed by atoms with Gasteiger partial charge in [0, 0.05) is 12.0 Å². The SMILES string of the molecule is CC(C)Oc1ccc(C2(C)CCNC2)cc1. The van der Waals surface area contributed by atoms with Crippen LogP contribution in [-0.4, -0.2) is 19.2 Å². The Bertz CT molecular complexity index is 336. The summed E-state index contributed by atoms with van der Waals surface area (Å²) in [6.45, 7) is 8.63. The standard InChI is InChI=1S/C14H21NO/c1-11(2)16-13-6-4-12(5-7-13)14(3)8-9-15-10-14/h4-7,11,15H,8-10H2,1-3H3. The van der Waals surface area contributed by atoms with E-state index in [1.54, 1.807) is 0 Å². The summed E-state index contributed by atoms with van der Waals surface area (Å²) in [4.78, 5) is 0. The molecule has 1 saturated heterocycles. The van der Waals surface area contributed by atoms with Crippen molar-refractivity contribution in [3.63, 3.8) is 0 Å². The normalized spacial score (nSPS) is 25.0. The van der Waals surface area contributed by atoms with E-state index in [-0.39, 0.29) is 6.10 Å². The van der Waals surface area contributed by atoms with Crippen LogP contribution in [0.15, 0.2) is 24.3 Å². The minimum absolute atomic E-state index is 0.245. The predicted molar refractivity (Wildman–Crippen MR) is 67.0 cm³/mol. The van der Waals surface area contributed by atoms with Gasteiger partial charge in [-0.05, 0) is 44.5 Å². The van der Waals surface area contributed by atoms with Gasteiger partial charge in [0.1, 0.15) is 5.75 Å². The Balaban J connectivity index is 2.12. The first-order chi connectivity index (χ1) is 7.60. The maximum absolute atomic E-state index is 5.65. The Kier molecular flexibility index (Phi) is 3.20. The lowest BCUT2D eigenvalue weighted by Crippen LogP contribution is -2.24. The van der Waals surface area contributed by atoms with Gasteiger partial charge in [-0.1, -0.05) is 19.1 Å². The number of rotatable bonds is 3. The van der Waals surface area contributed by atoms with Crippen LogP contribution in [0.4, 0.5) is 0 Å². The van der Waals surface area contributed by atoms with Gasteiger partial charge in [0.05, 0.1) is 6.10 Å². The lowest BCUT2D eigenvalue weighted by Gasteiger charge is -2.23. The molecule has 1 N–H and O–H groups in total. The van der Waals surface area contributed by atoms with Crippen LogP contribution in [0.3, 0.4) is 0 Å². The highest BCUT2D eigenvalue weighted by Gasteiger charge is 2.30. The third kappa shape index (κ3) is 2.38. The molecule has 0 radical (unpaired) electrons. The minimum Gasteiger partial charge on any atom is -0.491 e. The number of hydrogen-bond donors (Lipinski definition) is 1. The van der Waals surface area contributed by atoms with Crippen molar-refractivity contribution in [2.24, 2.45) is 0 Å². The zero-order chi connectivity index (χ0) is 11.6. The van der Waals surface area contributed by atoms with Crippen LogP contribution in [-0.2, 0) is 5.41 Å². The molecular formula is C14H21NO. The van der Waals surface area contributed by atoms with Gasteiger partial charge in [0.25, 0.3) is 0 Å². The molecule has 1 fully saturated rings. The van der Waals surface area contributed by atoms with Crippen molar-refractivity contribution in [1.82, 2.24) is 5.32 Å². The Labute approximate surface area is 98.0 Å². The molecule has 0 aromatic heterocycles. The van der Waals surface area contributed by atoms with Gasteiger partial charge in [-0.25, -0.2) is 0 Å². The zero-order valence-electron chi connectivity index (χ0n) is 10.4. The van der Waals surface area contributed by atoms with Crippen molar-refractivity contribution >= 4 is 0 Å². The quantitative estimate of drug-likeness (QED) is 0.844. The first kappa shape index (κ1) is 11.5. The molecule has 2 nitrogen and oxygen atoms in total. The Hall–Kier alpha value is -1.02. The highest BCUT2D eigenvalue weighted by atomic mass is 16.5. The topological polar surface area (TPSA) is 21.3 Å². The molecule has 1 aliphatic rings. The molecule has 1 aromatic carbocycles. The molecule has 1 heterocycles. The lowest BCUT2D eigenvalue weighted by molar-refractivity contribution is 0.242. The highest BCUT2D eigenvalue weighted by Crippen LogP contribution is 2.31. The molecule has 0 aliphatic carbocycles. The fourth-order valence-corrected chi connectivity index (χ4v) is 2.27. The third-order valence-electron chi connectivity index (χ3n) is 3.29. The Morgan fingerprint density at radius 2 is 1.94 bits per heavy atom. The second-order valence-electron chi connectivity index (χ2n) is 5.18. The average Bonchev–Trinajstić information content (AvgIpc) is 2.66. The van der Waals surface area contributed by atoms with E-state index in [9.17, 15) is 0 Å². The van der Waals surface area contributed by atoms with Crippen molar-refractivity contribution in [2.45, 2.75) is 38.7 Å². The molecule has 88 valence electrons. The van der Waals surface area contributed by atoms with E-state index in [2.05, 4.69) is 50.4 Å². The molecule has 0 saturated carbocycles. The highest BCUT2D eigenvalue weighted by molar-refractivity contribution is 5.33. The lowest BCUT2D eigenvalue weighted by atomic mass is 9.82. The van der Waals surface area contributed by atoms with Crippen molar-refractivity contribution in [3.8, 4) is 5.75 Å². The van der Waals surface area contributed by atoms with Gasteiger partial charge < -0.3 is 10.1 Å². The summed E-state index contributed by atoms with van der Waals surface area (Å²) in [7, 11) is 0. The van der Waals surface area contributed by atoms with Gasteiger partial charge in [-0.2, -0.15) is 0 Å². The molecule has 1 aliphatic heterocycles. The molecule has 1 atom stereocenters. The summed E-state index contributed by atoms with van der Waals surface area (Å²) in [5.41, 5.74) is 1.71. The Morgan fingerprint density at radius 3 is 2.44 bits per heavy atom. The van der Waals surface area contributed by atoms with Crippen LogP contribution in [0.2, 0.25) is 0 Å². The van der Waals surface area contributed by atoms with Crippen LogP contribution >= 0.6 is 0 Å². The number of ether oxygens (including phenoxy) is 1. The van der Waals surface area contributed by atoms with Crippen molar-refractivity contribution < 1.29 is 4.74 Å². The predicted octanol–water partition coefficient (Wildman–Crippen LogP) is 2.72. The van der Waals surface area contributed by atoms with Gasteiger partial charge >= 0.3 is 0 Å². The molecule has 0 bridgehead atoms. The fraction of sp³-hybridized carbons (Fsp3) is 0.571. The van der Waals surface area contributed by atoms with E-state index in [0.717, 1.165) is 18.8 Å². The largest absolute Gasteiger partial charge is 0.491 e. The molecular weight excluding hydrogens is 198 g/mol. The van der Waals surface area contributed by atoms with Gasteiger partial charge in [-0.15, -0.1) is 0 Å². The van der Waals surface area contributed by atoms with Gasteiger partial charge in [0.2, 0.25) is 0 Å². The van der Waals surface area contributed by atoms with Crippen LogP contribution in [0.1, 0.15) is 32.8 Å². The smallest absolute Gasteiger partial charge is 0.119 e. The summed E-state index contributed by atoms with van der Waals surface area (Å²) < 4.78 is 5.65. The summed E-state index contributed by atoms with van der Waals surface area (Å²) >= 11 is 0. The average molecular weight is 219 g/mol. The summed E-state index contributed by atoms with van der Waals surface area (Å²) in [5, 5.41) is 3.43. The molecule has 0 amide bonds. The summed E-state index contributed by atoms with van der Waals surface area (Å²) in [5.74, 6) is 0.966. The first-order valence-electron chi connectivity index (χ1n) is 6.08. The third-order valence-corrected chi connectivity index (χ3v) is 3.29. The molecule has 1 unspecified atom stereocenters. The van der Waals surface area contributed by atoms with E-state index >= 15 is 0 Å². The van der Waals surface area contributed by atoms with E-state index in [1.165, 1.54) is 12.0 Å². The first-order valence-corrected chi connectivity index (χ1v) is 6.08. The zero-order valence-corrected chi connectivity index (χ0v) is 10.4. The van der Waals surface area contributed by atoms with Crippen molar-refractivity contribution in [3.05, 3.63) is 29.8 Å². The molecule has 0 spiro atoms. The summed E-state index contributed by atoms with van der Waals surface area (Å²) in [6, 6.07) is 8.56. The monoisotopic (exact) mass is 219 g/mol. The number of benzene rings is 1. The summed E-state index contributed by atoms with van der Waals surface area (Å²) in [6.07, 6.45) is 1.46. The van der Waals surface area contributed by atoms with Crippen LogP contribution in [0.5, 0.6) is 5.75 Å². The second kappa shape index (κ2) is 4.46. The Morgan fingerprint density at radius 1 is 1.25 bits per heavy atom. The van der Waals surface area contributed by atoms with Crippen LogP contribution < -0.4 is 10.1 Å². The maximum atomic E-state index is 5.65. The molecule has 2 heteroatoms. The van der Waals surface area contributed by atoms with Crippen LogP contribution in [0, 0.1) is 0 Å². The second-order valence-corrected chi connectivity index (χ2v) is 5.18. The van der Waals surface area contributed by atoms with E-state index in [4.69, 9.17) is 4.74 Å². The fourth-order valence-electron chi connectivity index (χ4n) is 2.27.